The maximum Gasteiger partial charge on any atom is -0.0111 e. The summed E-state index contributed by atoms with van der Waals surface area (Å²) in [7, 11) is 0. The fraction of sp³-hybridized carbons (Fsp3) is 0. The van der Waals surface area contributed by atoms with Crippen LogP contribution in [0.2, 0.25) is 0 Å². The maximum absolute atomic E-state index is 2.18. The molecule has 0 heterocycles. The molecule has 3 aromatic rings. The molecule has 20 heavy (non-hydrogen) atoms. The highest BCUT2D eigenvalue weighted by molar-refractivity contribution is 5.80. The Kier molecular flexibility index (Phi) is 3.75. The third-order valence-corrected chi connectivity index (χ3v) is 3.30. The van der Waals surface area contributed by atoms with Crippen LogP contribution in [-0.2, 0) is 0 Å². The summed E-state index contributed by atoms with van der Waals surface area (Å²) in [6.45, 7) is 0. The molecule has 0 spiro atoms. The third-order valence-electron chi connectivity index (χ3n) is 3.30. The summed E-state index contributed by atoms with van der Waals surface area (Å²) in [5, 5.41) is 0. The van der Waals surface area contributed by atoms with Crippen LogP contribution in [0.1, 0.15) is 11.1 Å². The van der Waals surface area contributed by atoms with Crippen LogP contribution >= 0.6 is 0 Å². The molecule has 0 aromatic heterocycles. The Bertz CT molecular complexity index is 694. The molecule has 0 saturated carbocycles. The zero-order chi connectivity index (χ0) is 13.6. The molecule has 0 N–H and O–H groups in total. The lowest BCUT2D eigenvalue weighted by Crippen LogP contribution is -1.82. The highest BCUT2D eigenvalue weighted by Crippen LogP contribution is 2.24. The number of rotatable bonds is 3. The van der Waals surface area contributed by atoms with Crippen molar-refractivity contribution in [3.63, 3.8) is 0 Å². The minimum Gasteiger partial charge on any atom is -0.0622 e. The van der Waals surface area contributed by atoms with E-state index in [1.54, 1.807) is 0 Å². The van der Waals surface area contributed by atoms with Crippen LogP contribution < -0.4 is 0 Å². The molecular formula is C20H16. The highest BCUT2D eigenvalue weighted by atomic mass is 14.0. The summed E-state index contributed by atoms with van der Waals surface area (Å²) in [5.41, 5.74) is 4.97. The number of hydrogen-bond acceptors (Lipinski definition) is 0. The summed E-state index contributed by atoms with van der Waals surface area (Å²) < 4.78 is 0. The van der Waals surface area contributed by atoms with Gasteiger partial charge >= 0.3 is 0 Å². The normalized spacial score (nSPS) is 10.8. The monoisotopic (exact) mass is 256 g/mol. The van der Waals surface area contributed by atoms with Gasteiger partial charge in [0.15, 0.2) is 0 Å². The van der Waals surface area contributed by atoms with E-state index in [0.717, 1.165) is 0 Å². The van der Waals surface area contributed by atoms with Gasteiger partial charge in [0.1, 0.15) is 0 Å². The van der Waals surface area contributed by atoms with E-state index in [2.05, 4.69) is 84.9 Å². The third kappa shape index (κ3) is 2.86. The molecule has 0 fully saturated rings. The van der Waals surface area contributed by atoms with E-state index < -0.39 is 0 Å². The molecule has 3 aromatic carbocycles. The Balaban J connectivity index is 1.97. The predicted octanol–water partition coefficient (Wildman–Crippen LogP) is 5.52. The largest absolute Gasteiger partial charge is 0.0622 e. The molecule has 0 nitrogen and oxygen atoms in total. The van der Waals surface area contributed by atoms with Gasteiger partial charge in [-0.3, -0.25) is 0 Å². The van der Waals surface area contributed by atoms with Crippen molar-refractivity contribution in [1.29, 1.82) is 0 Å². The quantitative estimate of drug-likeness (QED) is 0.541. The van der Waals surface area contributed by atoms with Gasteiger partial charge in [0.25, 0.3) is 0 Å². The van der Waals surface area contributed by atoms with Gasteiger partial charge in [-0.25, -0.2) is 0 Å². The van der Waals surface area contributed by atoms with Crippen molar-refractivity contribution in [2.24, 2.45) is 0 Å². The SMILES string of the molecule is C(=C/c1ccccc1-c1ccccc1)/c1ccccc1. The van der Waals surface area contributed by atoms with Crippen LogP contribution in [0.5, 0.6) is 0 Å². The maximum atomic E-state index is 2.18. The molecule has 0 atom stereocenters. The Labute approximate surface area is 120 Å². The minimum atomic E-state index is 1.22. The molecule has 96 valence electrons. The first-order valence-electron chi connectivity index (χ1n) is 6.81. The molecule has 0 heteroatoms. The van der Waals surface area contributed by atoms with Crippen LogP contribution in [0.15, 0.2) is 84.9 Å². The Hall–Kier alpha value is -2.60. The molecule has 0 aliphatic carbocycles. The molecule has 0 saturated heterocycles. The summed E-state index contributed by atoms with van der Waals surface area (Å²) in [4.78, 5) is 0. The first-order chi connectivity index (χ1) is 9.93. The molecular weight excluding hydrogens is 240 g/mol. The van der Waals surface area contributed by atoms with Crippen molar-refractivity contribution in [1.82, 2.24) is 0 Å². The average Bonchev–Trinajstić information content (AvgIpc) is 2.55. The van der Waals surface area contributed by atoms with E-state index in [1.165, 1.54) is 22.3 Å². The van der Waals surface area contributed by atoms with Gasteiger partial charge in [0, 0.05) is 0 Å². The van der Waals surface area contributed by atoms with Crippen molar-refractivity contribution < 1.29 is 0 Å². The second-order valence-corrected chi connectivity index (χ2v) is 4.70. The van der Waals surface area contributed by atoms with Gasteiger partial charge in [-0.2, -0.15) is 0 Å². The first-order valence-corrected chi connectivity index (χ1v) is 6.81. The van der Waals surface area contributed by atoms with E-state index in [4.69, 9.17) is 0 Å². The number of hydrogen-bond donors (Lipinski definition) is 0. The summed E-state index contributed by atoms with van der Waals surface area (Å²) in [5.74, 6) is 0. The lowest BCUT2D eigenvalue weighted by atomic mass is 9.99. The molecule has 0 aliphatic heterocycles. The fourth-order valence-electron chi connectivity index (χ4n) is 2.27. The Morgan fingerprint density at radius 3 is 1.85 bits per heavy atom. The lowest BCUT2D eigenvalue weighted by molar-refractivity contribution is 1.59. The van der Waals surface area contributed by atoms with Gasteiger partial charge in [0.2, 0.25) is 0 Å². The van der Waals surface area contributed by atoms with Crippen molar-refractivity contribution in [2.75, 3.05) is 0 Å². The summed E-state index contributed by atoms with van der Waals surface area (Å²) >= 11 is 0. The summed E-state index contributed by atoms with van der Waals surface area (Å²) in [6.07, 6.45) is 4.33. The van der Waals surface area contributed by atoms with E-state index in [1.807, 2.05) is 12.1 Å². The average molecular weight is 256 g/mol. The Morgan fingerprint density at radius 1 is 0.500 bits per heavy atom. The molecule has 0 aliphatic rings. The zero-order valence-corrected chi connectivity index (χ0v) is 11.2. The molecule has 0 unspecified atom stereocenters. The van der Waals surface area contributed by atoms with Gasteiger partial charge in [-0.05, 0) is 22.3 Å². The first kappa shape index (κ1) is 12.4. The van der Waals surface area contributed by atoms with Crippen molar-refractivity contribution in [2.45, 2.75) is 0 Å². The number of benzene rings is 3. The van der Waals surface area contributed by atoms with Crippen LogP contribution in [0.3, 0.4) is 0 Å². The second-order valence-electron chi connectivity index (χ2n) is 4.70. The molecule has 0 radical (unpaired) electrons. The van der Waals surface area contributed by atoms with E-state index in [0.29, 0.717) is 0 Å². The van der Waals surface area contributed by atoms with E-state index >= 15 is 0 Å². The lowest BCUT2D eigenvalue weighted by Gasteiger charge is -2.06. The van der Waals surface area contributed by atoms with E-state index in [9.17, 15) is 0 Å². The van der Waals surface area contributed by atoms with Gasteiger partial charge in [0.05, 0.1) is 0 Å². The second kappa shape index (κ2) is 6.03. The van der Waals surface area contributed by atoms with Crippen LogP contribution in [0, 0.1) is 0 Å². The summed E-state index contributed by atoms with van der Waals surface area (Å²) in [6, 6.07) is 29.4. The van der Waals surface area contributed by atoms with Crippen molar-refractivity contribution in [3.8, 4) is 11.1 Å². The van der Waals surface area contributed by atoms with E-state index in [-0.39, 0.29) is 0 Å². The van der Waals surface area contributed by atoms with Crippen LogP contribution in [0.4, 0.5) is 0 Å². The molecule has 3 rings (SSSR count). The standard InChI is InChI=1S/C20H16/c1-3-9-17(10-4-1)15-16-19-13-7-8-14-20(19)18-11-5-2-6-12-18/h1-16H/b16-15-. The van der Waals surface area contributed by atoms with Crippen LogP contribution in [-0.4, -0.2) is 0 Å². The van der Waals surface area contributed by atoms with Crippen LogP contribution in [0.25, 0.3) is 23.3 Å². The molecule has 0 bridgehead atoms. The van der Waals surface area contributed by atoms with Gasteiger partial charge < -0.3 is 0 Å². The smallest absolute Gasteiger partial charge is 0.0111 e. The highest BCUT2D eigenvalue weighted by Gasteiger charge is 2.00. The van der Waals surface area contributed by atoms with Crippen molar-refractivity contribution in [3.05, 3.63) is 96.1 Å². The van der Waals surface area contributed by atoms with Gasteiger partial charge in [-0.15, -0.1) is 0 Å². The minimum absolute atomic E-state index is 1.22. The topological polar surface area (TPSA) is 0 Å². The Morgan fingerprint density at radius 2 is 1.10 bits per heavy atom. The fourth-order valence-corrected chi connectivity index (χ4v) is 2.27. The predicted molar refractivity (Wildman–Crippen MR) is 87.2 cm³/mol. The van der Waals surface area contributed by atoms with Gasteiger partial charge in [-0.1, -0.05) is 97.1 Å². The molecule has 0 amide bonds. The van der Waals surface area contributed by atoms with Crippen molar-refractivity contribution >= 4 is 12.2 Å². The zero-order valence-electron chi connectivity index (χ0n) is 11.2.